The third-order valence-electron chi connectivity index (χ3n) is 3.97. The van der Waals surface area contributed by atoms with E-state index in [2.05, 4.69) is 36.0 Å². The largest absolute Gasteiger partial charge is 0.316 e. The molecule has 1 saturated heterocycles. The highest BCUT2D eigenvalue weighted by atomic mass is 32.2. The number of hydrogen-bond acceptors (Lipinski definition) is 4. The lowest BCUT2D eigenvalue weighted by molar-refractivity contribution is 0.337. The molecule has 2 unspecified atom stereocenters. The zero-order chi connectivity index (χ0) is 14.6. The Bertz CT molecular complexity index is 494. The molecule has 114 valence electrons. The van der Waals surface area contributed by atoms with Gasteiger partial charge < -0.3 is 5.32 Å². The molecule has 0 spiro atoms. The molecule has 5 heteroatoms. The second-order valence-electron chi connectivity index (χ2n) is 6.31. The summed E-state index contributed by atoms with van der Waals surface area (Å²) in [6.07, 6.45) is 1.83. The van der Waals surface area contributed by atoms with E-state index in [4.69, 9.17) is 0 Å². The fraction of sp³-hybridized carbons (Fsp3) is 0.733. The second-order valence-corrected chi connectivity index (χ2v) is 9.32. The minimum Gasteiger partial charge on any atom is -0.316 e. The maximum atomic E-state index is 11.7. The first-order valence-corrected chi connectivity index (χ1v) is 10.1. The van der Waals surface area contributed by atoms with Gasteiger partial charge in [-0.3, -0.25) is 0 Å². The Morgan fingerprint density at radius 2 is 2.20 bits per heavy atom. The normalized spacial score (nSPS) is 23.2. The lowest BCUT2D eigenvalue weighted by Crippen LogP contribution is -2.32. The van der Waals surface area contributed by atoms with Crippen LogP contribution in [-0.4, -0.2) is 33.0 Å². The van der Waals surface area contributed by atoms with Crippen molar-refractivity contribution >= 4 is 21.2 Å². The first kappa shape index (κ1) is 16.0. The molecule has 2 rings (SSSR count). The van der Waals surface area contributed by atoms with Crippen molar-refractivity contribution in [3.63, 3.8) is 0 Å². The standard InChI is InChI=1S/C15H25NO2S2/c1-12(2)8-16-9-15(7-13-3-5-19-10-13)14-4-6-20(17,18)11-14/h3,5,10,12,14-16H,4,6-9,11H2,1-2H3. The third-order valence-corrected chi connectivity index (χ3v) is 6.50. The number of nitrogens with one attached hydrogen (secondary N) is 1. The van der Waals surface area contributed by atoms with E-state index < -0.39 is 9.84 Å². The SMILES string of the molecule is CC(C)CNCC(Cc1ccsc1)C1CCS(=O)(=O)C1. The molecule has 0 aliphatic carbocycles. The number of hydrogen-bond donors (Lipinski definition) is 1. The fourth-order valence-electron chi connectivity index (χ4n) is 2.87. The summed E-state index contributed by atoms with van der Waals surface area (Å²) < 4.78 is 23.4. The Kier molecular flexibility index (Phi) is 5.64. The maximum Gasteiger partial charge on any atom is 0.150 e. The summed E-state index contributed by atoms with van der Waals surface area (Å²) in [6.45, 7) is 6.32. The molecule has 1 aromatic heterocycles. The van der Waals surface area contributed by atoms with Crippen molar-refractivity contribution in [1.82, 2.24) is 5.32 Å². The zero-order valence-electron chi connectivity index (χ0n) is 12.3. The van der Waals surface area contributed by atoms with E-state index in [1.807, 2.05) is 0 Å². The van der Waals surface area contributed by atoms with Crippen LogP contribution in [0.25, 0.3) is 0 Å². The van der Waals surface area contributed by atoms with Gasteiger partial charge in [0.2, 0.25) is 0 Å². The van der Waals surface area contributed by atoms with Gasteiger partial charge >= 0.3 is 0 Å². The van der Waals surface area contributed by atoms with E-state index in [1.54, 1.807) is 11.3 Å². The highest BCUT2D eigenvalue weighted by molar-refractivity contribution is 7.91. The molecular weight excluding hydrogens is 290 g/mol. The highest BCUT2D eigenvalue weighted by Gasteiger charge is 2.33. The van der Waals surface area contributed by atoms with E-state index in [0.717, 1.165) is 25.9 Å². The lowest BCUT2D eigenvalue weighted by Gasteiger charge is -2.23. The van der Waals surface area contributed by atoms with Gasteiger partial charge in [-0.15, -0.1) is 0 Å². The molecule has 20 heavy (non-hydrogen) atoms. The summed E-state index contributed by atoms with van der Waals surface area (Å²) in [5.74, 6) is 2.14. The minimum atomic E-state index is -2.79. The zero-order valence-corrected chi connectivity index (χ0v) is 14.0. The number of rotatable bonds is 7. The summed E-state index contributed by atoms with van der Waals surface area (Å²) in [5.41, 5.74) is 1.34. The van der Waals surface area contributed by atoms with E-state index in [9.17, 15) is 8.42 Å². The summed E-state index contributed by atoms with van der Waals surface area (Å²) in [7, 11) is -2.79. The van der Waals surface area contributed by atoms with E-state index in [1.165, 1.54) is 5.56 Å². The Labute approximate surface area is 126 Å². The lowest BCUT2D eigenvalue weighted by atomic mass is 9.87. The Balaban J connectivity index is 1.96. The topological polar surface area (TPSA) is 46.2 Å². The van der Waals surface area contributed by atoms with Crippen LogP contribution in [0, 0.1) is 17.8 Å². The molecular formula is C15H25NO2S2. The van der Waals surface area contributed by atoms with Crippen LogP contribution in [0.4, 0.5) is 0 Å². The average Bonchev–Trinajstić information content (AvgIpc) is 2.97. The van der Waals surface area contributed by atoms with Crippen molar-refractivity contribution in [2.24, 2.45) is 17.8 Å². The minimum absolute atomic E-state index is 0.319. The van der Waals surface area contributed by atoms with Crippen molar-refractivity contribution in [2.75, 3.05) is 24.6 Å². The van der Waals surface area contributed by atoms with Crippen molar-refractivity contribution < 1.29 is 8.42 Å². The Morgan fingerprint density at radius 1 is 1.40 bits per heavy atom. The molecule has 0 radical (unpaired) electrons. The quantitative estimate of drug-likeness (QED) is 0.841. The van der Waals surface area contributed by atoms with Crippen LogP contribution in [0.15, 0.2) is 16.8 Å². The monoisotopic (exact) mass is 315 g/mol. The van der Waals surface area contributed by atoms with Gasteiger partial charge in [-0.2, -0.15) is 11.3 Å². The van der Waals surface area contributed by atoms with Gasteiger partial charge in [0.1, 0.15) is 0 Å². The molecule has 3 nitrogen and oxygen atoms in total. The second kappa shape index (κ2) is 7.05. The van der Waals surface area contributed by atoms with Gasteiger partial charge in [0.25, 0.3) is 0 Å². The molecule has 0 amide bonds. The van der Waals surface area contributed by atoms with Crippen LogP contribution in [0.5, 0.6) is 0 Å². The summed E-state index contributed by atoms with van der Waals surface area (Å²) in [6, 6.07) is 2.16. The van der Waals surface area contributed by atoms with Crippen molar-refractivity contribution in [2.45, 2.75) is 26.7 Å². The molecule has 1 N–H and O–H groups in total. The maximum absolute atomic E-state index is 11.7. The van der Waals surface area contributed by atoms with Gasteiger partial charge in [0, 0.05) is 0 Å². The smallest absolute Gasteiger partial charge is 0.150 e. The van der Waals surface area contributed by atoms with Crippen LogP contribution in [0.3, 0.4) is 0 Å². The van der Waals surface area contributed by atoms with Crippen LogP contribution >= 0.6 is 11.3 Å². The summed E-state index contributed by atoms with van der Waals surface area (Å²) in [4.78, 5) is 0. The first-order valence-electron chi connectivity index (χ1n) is 7.38. The summed E-state index contributed by atoms with van der Waals surface area (Å²) >= 11 is 1.71. The highest BCUT2D eigenvalue weighted by Crippen LogP contribution is 2.28. The van der Waals surface area contributed by atoms with Gasteiger partial charge in [-0.25, -0.2) is 8.42 Å². The molecule has 0 aromatic carbocycles. The van der Waals surface area contributed by atoms with Crippen LogP contribution in [0.1, 0.15) is 25.8 Å². The van der Waals surface area contributed by atoms with Crippen molar-refractivity contribution in [3.8, 4) is 0 Å². The molecule has 1 aliphatic rings. The van der Waals surface area contributed by atoms with Crippen molar-refractivity contribution in [1.29, 1.82) is 0 Å². The molecule has 0 bridgehead atoms. The molecule has 0 saturated carbocycles. The van der Waals surface area contributed by atoms with Gasteiger partial charge in [-0.05, 0) is 66.1 Å². The average molecular weight is 316 g/mol. The van der Waals surface area contributed by atoms with Gasteiger partial charge in [-0.1, -0.05) is 13.8 Å². The molecule has 1 aliphatic heterocycles. The van der Waals surface area contributed by atoms with Crippen LogP contribution in [-0.2, 0) is 16.3 Å². The first-order chi connectivity index (χ1) is 9.46. The van der Waals surface area contributed by atoms with Gasteiger partial charge in [0.05, 0.1) is 11.5 Å². The van der Waals surface area contributed by atoms with Crippen LogP contribution < -0.4 is 5.32 Å². The Morgan fingerprint density at radius 3 is 2.75 bits per heavy atom. The molecule has 2 heterocycles. The van der Waals surface area contributed by atoms with Crippen molar-refractivity contribution in [3.05, 3.63) is 22.4 Å². The van der Waals surface area contributed by atoms with E-state index in [-0.39, 0.29) is 0 Å². The predicted octanol–water partition coefficient (Wildman–Crippen LogP) is 2.59. The molecule has 1 aromatic rings. The van der Waals surface area contributed by atoms with E-state index in [0.29, 0.717) is 29.3 Å². The third kappa shape index (κ3) is 4.86. The molecule has 1 fully saturated rings. The Hall–Kier alpha value is -0.390. The summed E-state index contributed by atoms with van der Waals surface area (Å²) in [5, 5.41) is 7.79. The van der Waals surface area contributed by atoms with Gasteiger partial charge in [0.15, 0.2) is 9.84 Å². The number of thiophene rings is 1. The molecule has 2 atom stereocenters. The van der Waals surface area contributed by atoms with E-state index >= 15 is 0 Å². The fourth-order valence-corrected chi connectivity index (χ4v) is 5.47. The van der Waals surface area contributed by atoms with Crippen LogP contribution in [0.2, 0.25) is 0 Å². The predicted molar refractivity (Wildman–Crippen MR) is 86.0 cm³/mol. The number of sulfone groups is 1.